The molecule has 6 aromatic heterocycles. The second-order valence-corrected chi connectivity index (χ2v) is 26.7. The molecule has 10 heteroatoms. The Hall–Kier alpha value is -3.98. The van der Waals surface area contributed by atoms with E-state index in [4.69, 9.17) is 12.8 Å². The quantitative estimate of drug-likeness (QED) is 0.0845. The average Bonchev–Trinajstić information content (AvgIpc) is 4.26. The lowest BCUT2D eigenvalue weighted by atomic mass is 10.1. The number of hydrogen-bond acceptors (Lipinski definition) is 6. The van der Waals surface area contributed by atoms with E-state index in [2.05, 4.69) is 222 Å². The minimum Gasteiger partial charge on any atom is -0.134 e. The molecule has 0 amide bonds. The zero-order valence-corrected chi connectivity index (χ0v) is 49.7. The van der Waals surface area contributed by atoms with Crippen molar-refractivity contribution < 1.29 is 0 Å². The molecule has 0 spiro atoms. The van der Waals surface area contributed by atoms with E-state index in [0.29, 0.717) is 0 Å². The van der Waals surface area contributed by atoms with Crippen molar-refractivity contribution in [1.82, 2.24) is 0 Å². The first-order valence-electron chi connectivity index (χ1n) is 22.7. The molecule has 0 aliphatic rings. The minimum absolute atomic E-state index is 0. The van der Waals surface area contributed by atoms with Gasteiger partial charge in [-0.25, -0.2) is 0 Å². The Balaban J connectivity index is 0.000000248. The Morgan fingerprint density at radius 3 is 1.01 bits per heavy atom. The fraction of sp³-hybridized carbons (Fsp3) is 0.180. The van der Waals surface area contributed by atoms with Crippen LogP contribution in [0.2, 0.25) is 0 Å². The maximum absolute atomic E-state index is 5.81. The Bertz CT molecular complexity index is 3090. The number of benzene rings is 3. The Labute approximate surface area is 479 Å². The molecular weight excluding hydrogens is 1240 g/mol. The van der Waals surface area contributed by atoms with Crippen LogP contribution in [0.15, 0.2) is 150 Å². The van der Waals surface area contributed by atoms with Gasteiger partial charge in [0, 0.05) is 60.8 Å². The normalized spacial score (nSPS) is 10.2. The van der Waals surface area contributed by atoms with Gasteiger partial charge in [0.05, 0.1) is 28.5 Å². The summed E-state index contributed by atoms with van der Waals surface area (Å²) in [5, 5.41) is 0. The molecule has 6 heterocycles. The van der Waals surface area contributed by atoms with Crippen LogP contribution in [0.3, 0.4) is 0 Å². The van der Waals surface area contributed by atoms with Crippen LogP contribution in [0.4, 0.5) is 0 Å². The summed E-state index contributed by atoms with van der Waals surface area (Å²) in [6, 6.07) is 47.0. The molecule has 9 rings (SSSR count). The fourth-order valence-corrected chi connectivity index (χ4v) is 14.3. The lowest BCUT2D eigenvalue weighted by molar-refractivity contribution is 0.737. The first-order chi connectivity index (χ1) is 34.1. The highest BCUT2D eigenvalue weighted by atomic mass is 79.9. The summed E-state index contributed by atoms with van der Waals surface area (Å²) in [6.45, 7) is 4.42. The van der Waals surface area contributed by atoms with E-state index < -0.39 is 0 Å². The van der Waals surface area contributed by atoms with Gasteiger partial charge in [0.15, 0.2) is 0 Å². The fourth-order valence-electron chi connectivity index (χ4n) is 6.85. The summed E-state index contributed by atoms with van der Waals surface area (Å²) in [4.78, 5) is 11.9. The molecule has 0 fully saturated rings. The minimum atomic E-state index is 0. The second kappa shape index (κ2) is 29.0. The number of thiophene rings is 6. The monoisotopic (exact) mass is 1290 g/mol. The Kier molecular flexibility index (Phi) is 23.0. The highest BCUT2D eigenvalue weighted by Gasteiger charge is 2.14. The molecule has 0 radical (unpaired) electrons. The number of terminal acetylenes is 2. The topological polar surface area (TPSA) is 0 Å². The highest BCUT2D eigenvalue weighted by molar-refractivity contribution is 9.11. The van der Waals surface area contributed by atoms with E-state index in [0.717, 1.165) is 55.5 Å². The van der Waals surface area contributed by atoms with Crippen molar-refractivity contribution in [1.29, 1.82) is 0 Å². The van der Waals surface area contributed by atoms with E-state index in [1.54, 1.807) is 68.0 Å². The third-order valence-corrected chi connectivity index (χ3v) is 19.7. The Morgan fingerprint density at radius 1 is 0.380 bits per heavy atom. The molecule has 0 saturated heterocycles. The van der Waals surface area contributed by atoms with Crippen LogP contribution in [0.25, 0.3) is 61.3 Å². The van der Waals surface area contributed by atoms with Gasteiger partial charge in [0.25, 0.3) is 0 Å². The molecule has 0 bridgehead atoms. The summed E-state index contributed by atoms with van der Waals surface area (Å²) in [7, 11) is 0. The van der Waals surface area contributed by atoms with Crippen molar-refractivity contribution in [2.24, 2.45) is 0 Å². The molecule has 358 valence electrons. The predicted molar refractivity (Wildman–Crippen MR) is 335 cm³/mol. The SMILES string of the molecule is Brc1ccc(-c2ccc(-c3ccc(Br)s3)cc2)s1.Brc1ccc(Br)cc1.C.C#Cc1cc(-c2ccc(-c3ccc(-c4ccc(-c5cc(C#C)c(C#CCCCCC)s5)s4)cc3)s2)sc1C#CCCCCC. The summed E-state index contributed by atoms with van der Waals surface area (Å²) in [5.74, 6) is 18.9. The third-order valence-electron chi connectivity index (χ3n) is 10.5. The molecule has 71 heavy (non-hydrogen) atoms. The predicted octanol–water partition coefficient (Wildman–Crippen LogP) is 22.9. The standard InChI is InChI=1S/C40H34S4.C14H8Br2S2.C6H4Br2.CH4/c1-5-9-11-13-15-17-33-29(7-3)27-39(43-33)37-25-23-35(41-37)31-19-21-32(22-20-31)36-24-26-38(42-36)40-28-30(8-4)34(44-40)18-16-14-12-10-6-2;15-13-7-5-11(17-13)9-1-2-10(4-3-9)12-6-8-14(16)18-12;7-5-1-2-6(8)4-3-5;/h3-4,19-28H,5-6,9-14H2,1-2H3;1-8H;1-4H;1H4. The molecule has 0 atom stereocenters. The molecule has 0 aliphatic carbocycles. The van der Waals surface area contributed by atoms with Gasteiger partial charge in [0.1, 0.15) is 0 Å². The first kappa shape index (κ1) is 56.3. The first-order valence-corrected chi connectivity index (χ1v) is 30.7. The number of unbranched alkanes of at least 4 members (excludes halogenated alkanes) is 6. The summed E-state index contributed by atoms with van der Waals surface area (Å²) >= 11 is 24.1. The van der Waals surface area contributed by atoms with Crippen molar-refractivity contribution in [3.8, 4) is 110 Å². The van der Waals surface area contributed by atoms with Crippen LogP contribution in [-0.4, -0.2) is 0 Å². The number of hydrogen-bond donors (Lipinski definition) is 0. The molecule has 0 N–H and O–H groups in total. The van der Waals surface area contributed by atoms with Gasteiger partial charge >= 0.3 is 0 Å². The van der Waals surface area contributed by atoms with Gasteiger partial charge in [-0.15, -0.1) is 80.9 Å². The number of halogens is 4. The molecule has 3 aromatic carbocycles. The molecule has 0 saturated carbocycles. The van der Waals surface area contributed by atoms with E-state index in [-0.39, 0.29) is 7.43 Å². The van der Waals surface area contributed by atoms with Crippen molar-refractivity contribution in [3.05, 3.63) is 171 Å². The van der Waals surface area contributed by atoms with E-state index in [9.17, 15) is 0 Å². The molecule has 0 unspecified atom stereocenters. The smallest absolute Gasteiger partial charge is 0.0931 e. The van der Waals surface area contributed by atoms with Crippen LogP contribution in [-0.2, 0) is 0 Å². The zero-order valence-electron chi connectivity index (χ0n) is 38.5. The van der Waals surface area contributed by atoms with Gasteiger partial charge in [-0.1, -0.05) is 163 Å². The van der Waals surface area contributed by atoms with Crippen molar-refractivity contribution in [2.45, 2.75) is 72.6 Å². The van der Waals surface area contributed by atoms with Crippen molar-refractivity contribution >= 4 is 132 Å². The largest absolute Gasteiger partial charge is 0.134 e. The van der Waals surface area contributed by atoms with E-state index in [1.165, 1.54) is 94.5 Å². The lowest BCUT2D eigenvalue weighted by Gasteiger charge is -2.01. The van der Waals surface area contributed by atoms with Crippen LogP contribution in [0, 0.1) is 48.4 Å². The lowest BCUT2D eigenvalue weighted by Crippen LogP contribution is -1.74. The van der Waals surface area contributed by atoms with Gasteiger partial charge in [-0.2, -0.15) is 0 Å². The van der Waals surface area contributed by atoms with Crippen LogP contribution < -0.4 is 0 Å². The Morgan fingerprint density at radius 2 is 0.704 bits per heavy atom. The molecular formula is C61H50Br4S6. The summed E-state index contributed by atoms with van der Waals surface area (Å²) in [5.41, 5.74) is 6.76. The highest BCUT2D eigenvalue weighted by Crippen LogP contribution is 2.42. The zero-order chi connectivity index (χ0) is 49.2. The van der Waals surface area contributed by atoms with E-state index in [1.807, 2.05) is 24.3 Å². The van der Waals surface area contributed by atoms with Gasteiger partial charge in [0.2, 0.25) is 0 Å². The van der Waals surface area contributed by atoms with Crippen LogP contribution in [0.1, 0.15) is 93.5 Å². The maximum Gasteiger partial charge on any atom is 0.0931 e. The summed E-state index contributed by atoms with van der Waals surface area (Å²) in [6.07, 6.45) is 20.6. The maximum atomic E-state index is 5.81. The average molecular weight is 1300 g/mol. The van der Waals surface area contributed by atoms with Crippen LogP contribution in [0.5, 0.6) is 0 Å². The van der Waals surface area contributed by atoms with Gasteiger partial charge in [-0.05, 0) is 152 Å². The third kappa shape index (κ3) is 16.5. The molecule has 9 aromatic rings. The van der Waals surface area contributed by atoms with Crippen LogP contribution >= 0.6 is 132 Å². The van der Waals surface area contributed by atoms with Gasteiger partial charge < -0.3 is 0 Å². The molecule has 0 aliphatic heterocycles. The molecule has 0 nitrogen and oxygen atoms in total. The van der Waals surface area contributed by atoms with E-state index >= 15 is 0 Å². The van der Waals surface area contributed by atoms with Crippen molar-refractivity contribution in [3.63, 3.8) is 0 Å². The second-order valence-electron chi connectivity index (χ2n) is 15.6. The number of rotatable bonds is 12. The van der Waals surface area contributed by atoms with Gasteiger partial charge in [-0.3, -0.25) is 0 Å². The van der Waals surface area contributed by atoms with Crippen molar-refractivity contribution in [2.75, 3.05) is 0 Å². The summed E-state index contributed by atoms with van der Waals surface area (Å²) < 4.78 is 4.56.